The predicted octanol–water partition coefficient (Wildman–Crippen LogP) is 1.35. The molecule has 1 rings (SSSR count). The van der Waals surface area contributed by atoms with Gasteiger partial charge in [0.05, 0.1) is 13.2 Å². The number of methoxy groups -OCH3 is 1. The van der Waals surface area contributed by atoms with Gasteiger partial charge in [0.15, 0.2) is 0 Å². The Morgan fingerprint density at radius 1 is 1.35 bits per heavy atom. The van der Waals surface area contributed by atoms with Crippen molar-refractivity contribution in [3.05, 3.63) is 28.8 Å². The van der Waals surface area contributed by atoms with Crippen molar-refractivity contribution in [2.24, 2.45) is 0 Å². The lowest BCUT2D eigenvalue weighted by atomic mass is 10.0. The molecule has 0 spiro atoms. The highest BCUT2D eigenvalue weighted by Gasteiger charge is 2.18. The molecule has 0 aliphatic rings. The molecule has 0 saturated carbocycles. The molecule has 0 heterocycles. The van der Waals surface area contributed by atoms with Crippen LogP contribution in [0.25, 0.3) is 0 Å². The van der Waals surface area contributed by atoms with Crippen molar-refractivity contribution in [2.45, 2.75) is 18.6 Å². The summed E-state index contributed by atoms with van der Waals surface area (Å²) in [5, 5.41) is 23.1. The molecule has 1 aromatic carbocycles. The van der Waals surface area contributed by atoms with Gasteiger partial charge in [-0.25, -0.2) is 0 Å². The fourth-order valence-corrected chi connectivity index (χ4v) is 1.78. The average Bonchev–Trinajstić information content (AvgIpc) is 2.34. The van der Waals surface area contributed by atoms with Gasteiger partial charge < -0.3 is 20.3 Å². The lowest BCUT2D eigenvalue weighted by Crippen LogP contribution is -2.23. The third-order valence-electron chi connectivity index (χ3n) is 2.53. The normalized spacial score (nSPS) is 14.4. The first-order valence-corrected chi connectivity index (χ1v) is 5.81. The van der Waals surface area contributed by atoms with E-state index in [1.54, 1.807) is 25.2 Å². The van der Waals surface area contributed by atoms with Gasteiger partial charge in [-0.1, -0.05) is 11.6 Å². The summed E-state index contributed by atoms with van der Waals surface area (Å²) in [4.78, 5) is 0. The molecule has 4 nitrogen and oxygen atoms in total. The minimum absolute atomic E-state index is 0.465. The van der Waals surface area contributed by atoms with Crippen molar-refractivity contribution in [1.82, 2.24) is 5.32 Å². The van der Waals surface area contributed by atoms with E-state index in [-0.39, 0.29) is 0 Å². The summed E-state index contributed by atoms with van der Waals surface area (Å²) >= 11 is 5.90. The maximum Gasteiger partial charge on any atom is 0.120 e. The van der Waals surface area contributed by atoms with E-state index >= 15 is 0 Å². The molecule has 0 aliphatic carbocycles. The van der Waals surface area contributed by atoms with Crippen molar-refractivity contribution in [1.29, 1.82) is 0 Å². The molecule has 5 heteroatoms. The van der Waals surface area contributed by atoms with Gasteiger partial charge in [0.2, 0.25) is 0 Å². The number of hydrogen-bond donors (Lipinski definition) is 3. The monoisotopic (exact) mass is 259 g/mol. The van der Waals surface area contributed by atoms with Crippen LogP contribution in [-0.2, 0) is 0 Å². The molecule has 1 aromatic rings. The molecule has 96 valence electrons. The third-order valence-corrected chi connectivity index (χ3v) is 2.74. The second-order valence-electron chi connectivity index (χ2n) is 3.83. The minimum Gasteiger partial charge on any atom is -0.497 e. The van der Waals surface area contributed by atoms with E-state index in [1.807, 2.05) is 0 Å². The van der Waals surface area contributed by atoms with Crippen LogP contribution in [0.4, 0.5) is 0 Å². The van der Waals surface area contributed by atoms with Gasteiger partial charge in [0.1, 0.15) is 11.9 Å². The Morgan fingerprint density at radius 3 is 2.65 bits per heavy atom. The second kappa shape index (κ2) is 6.81. The van der Waals surface area contributed by atoms with Gasteiger partial charge in [0, 0.05) is 5.02 Å². The van der Waals surface area contributed by atoms with Gasteiger partial charge in [0.25, 0.3) is 0 Å². The van der Waals surface area contributed by atoms with E-state index < -0.39 is 12.2 Å². The standard InChI is InChI=1S/C12H18ClNO3/c1-14-4-3-11(15)12(16)8-5-9(13)7-10(6-8)17-2/h5-7,11-12,14-16H,3-4H2,1-2H3. The van der Waals surface area contributed by atoms with E-state index in [9.17, 15) is 10.2 Å². The predicted molar refractivity (Wildman–Crippen MR) is 67.5 cm³/mol. The minimum atomic E-state index is -0.962. The highest BCUT2D eigenvalue weighted by molar-refractivity contribution is 6.30. The number of benzene rings is 1. The number of aliphatic hydroxyl groups excluding tert-OH is 2. The molecule has 0 aliphatic heterocycles. The van der Waals surface area contributed by atoms with Crippen LogP contribution < -0.4 is 10.1 Å². The van der Waals surface area contributed by atoms with Gasteiger partial charge >= 0.3 is 0 Å². The zero-order valence-corrected chi connectivity index (χ0v) is 10.7. The molecule has 0 radical (unpaired) electrons. The first-order valence-electron chi connectivity index (χ1n) is 5.43. The average molecular weight is 260 g/mol. The molecule has 0 bridgehead atoms. The van der Waals surface area contributed by atoms with E-state index in [0.29, 0.717) is 29.3 Å². The summed E-state index contributed by atoms with van der Waals surface area (Å²) in [7, 11) is 3.32. The molecule has 3 N–H and O–H groups in total. The van der Waals surface area contributed by atoms with Crippen molar-refractivity contribution < 1.29 is 14.9 Å². The largest absolute Gasteiger partial charge is 0.497 e. The SMILES string of the molecule is CNCCC(O)C(O)c1cc(Cl)cc(OC)c1. The van der Waals surface area contributed by atoms with Crippen LogP contribution in [0.2, 0.25) is 5.02 Å². The summed E-state index contributed by atoms with van der Waals surface area (Å²) in [5.41, 5.74) is 0.554. The molecule has 0 amide bonds. The van der Waals surface area contributed by atoms with Gasteiger partial charge in [-0.05, 0) is 43.8 Å². The molecule has 2 unspecified atom stereocenters. The topological polar surface area (TPSA) is 61.7 Å². The molecular formula is C12H18ClNO3. The fourth-order valence-electron chi connectivity index (χ4n) is 1.55. The van der Waals surface area contributed by atoms with E-state index in [1.165, 1.54) is 7.11 Å². The van der Waals surface area contributed by atoms with Crippen LogP contribution >= 0.6 is 11.6 Å². The first-order chi connectivity index (χ1) is 8.08. The van der Waals surface area contributed by atoms with Crippen molar-refractivity contribution in [3.8, 4) is 5.75 Å². The Morgan fingerprint density at radius 2 is 2.06 bits per heavy atom. The molecule has 0 aromatic heterocycles. The molecule has 0 fully saturated rings. The molecular weight excluding hydrogens is 242 g/mol. The maximum absolute atomic E-state index is 9.97. The highest BCUT2D eigenvalue weighted by atomic mass is 35.5. The summed E-state index contributed by atoms with van der Waals surface area (Å²) in [6, 6.07) is 4.94. The lowest BCUT2D eigenvalue weighted by molar-refractivity contribution is 0.0139. The molecule has 0 saturated heterocycles. The number of nitrogens with one attached hydrogen (secondary N) is 1. The van der Waals surface area contributed by atoms with Crippen LogP contribution in [0.1, 0.15) is 18.1 Å². The van der Waals surface area contributed by atoms with Crippen LogP contribution in [0.15, 0.2) is 18.2 Å². The van der Waals surface area contributed by atoms with Crippen LogP contribution in [-0.4, -0.2) is 37.0 Å². The van der Waals surface area contributed by atoms with E-state index in [4.69, 9.17) is 16.3 Å². The molecule has 17 heavy (non-hydrogen) atoms. The lowest BCUT2D eigenvalue weighted by Gasteiger charge is -2.18. The van der Waals surface area contributed by atoms with Gasteiger partial charge in [-0.15, -0.1) is 0 Å². The second-order valence-corrected chi connectivity index (χ2v) is 4.27. The Labute approximate surface area is 106 Å². The van der Waals surface area contributed by atoms with Crippen molar-refractivity contribution in [3.63, 3.8) is 0 Å². The Hall–Kier alpha value is -0.810. The van der Waals surface area contributed by atoms with Crippen molar-refractivity contribution >= 4 is 11.6 Å². The maximum atomic E-state index is 9.97. The number of rotatable bonds is 6. The molecule has 2 atom stereocenters. The Kier molecular flexibility index (Phi) is 5.71. The van der Waals surface area contributed by atoms with Crippen LogP contribution in [0.5, 0.6) is 5.75 Å². The van der Waals surface area contributed by atoms with Crippen LogP contribution in [0, 0.1) is 0 Å². The number of aliphatic hydroxyl groups is 2. The summed E-state index contributed by atoms with van der Waals surface area (Å²) in [6.45, 7) is 0.635. The smallest absolute Gasteiger partial charge is 0.120 e. The third kappa shape index (κ3) is 4.16. The van der Waals surface area contributed by atoms with E-state index in [2.05, 4.69) is 5.32 Å². The zero-order chi connectivity index (χ0) is 12.8. The zero-order valence-electron chi connectivity index (χ0n) is 9.98. The number of hydrogen-bond acceptors (Lipinski definition) is 4. The van der Waals surface area contributed by atoms with E-state index in [0.717, 1.165) is 0 Å². The van der Waals surface area contributed by atoms with Crippen LogP contribution in [0.3, 0.4) is 0 Å². The summed E-state index contributed by atoms with van der Waals surface area (Å²) < 4.78 is 5.06. The van der Waals surface area contributed by atoms with Gasteiger partial charge in [-0.3, -0.25) is 0 Å². The Bertz CT molecular complexity index is 360. The fraction of sp³-hybridized carbons (Fsp3) is 0.500. The highest BCUT2D eigenvalue weighted by Crippen LogP contribution is 2.27. The van der Waals surface area contributed by atoms with Crippen molar-refractivity contribution in [2.75, 3.05) is 20.7 Å². The Balaban J connectivity index is 2.80. The number of ether oxygens (including phenoxy) is 1. The summed E-state index contributed by atoms with van der Waals surface area (Å²) in [6.07, 6.45) is -1.33. The number of halogens is 1. The first kappa shape index (κ1) is 14.3. The summed E-state index contributed by atoms with van der Waals surface area (Å²) in [5.74, 6) is 0.562. The van der Waals surface area contributed by atoms with Gasteiger partial charge in [-0.2, -0.15) is 0 Å². The quantitative estimate of drug-likeness (QED) is 0.722.